The van der Waals surface area contributed by atoms with E-state index in [1.165, 1.54) is 19.3 Å². The minimum absolute atomic E-state index is 0.355. The predicted molar refractivity (Wildman–Crippen MR) is 75.7 cm³/mol. The molecule has 0 bridgehead atoms. The Morgan fingerprint density at radius 2 is 2.21 bits per heavy atom. The van der Waals surface area contributed by atoms with Gasteiger partial charge in [-0.25, -0.2) is 4.98 Å². The molecular weight excluding hydrogens is 240 g/mol. The number of piperidine rings is 1. The molecule has 2 aliphatic rings. The van der Waals surface area contributed by atoms with E-state index in [0.717, 1.165) is 37.9 Å². The van der Waals surface area contributed by atoms with Gasteiger partial charge in [-0.15, -0.1) is 0 Å². The fraction of sp³-hybridized carbons (Fsp3) is 0.714. The lowest BCUT2D eigenvalue weighted by Crippen LogP contribution is -2.44. The van der Waals surface area contributed by atoms with E-state index < -0.39 is 0 Å². The van der Waals surface area contributed by atoms with Crippen LogP contribution in [0.4, 0.5) is 11.6 Å². The van der Waals surface area contributed by atoms with Gasteiger partial charge in [-0.2, -0.15) is 0 Å². The average Bonchev–Trinajstić information content (AvgIpc) is 2.87. The Hall–Kier alpha value is -1.36. The molecule has 1 aromatic rings. The summed E-state index contributed by atoms with van der Waals surface area (Å²) in [4.78, 5) is 13.4. The normalized spacial score (nSPS) is 26.9. The summed E-state index contributed by atoms with van der Waals surface area (Å²) in [6.07, 6.45) is 7.37. The van der Waals surface area contributed by atoms with Gasteiger partial charge < -0.3 is 14.5 Å². The first-order valence-corrected chi connectivity index (χ1v) is 7.01. The molecule has 0 aliphatic carbocycles. The summed E-state index contributed by atoms with van der Waals surface area (Å²) in [5.41, 5.74) is 0.355. The van der Waals surface area contributed by atoms with Gasteiger partial charge in [-0.05, 0) is 19.3 Å². The largest absolute Gasteiger partial charge is 0.381 e. The molecule has 0 amide bonds. The Labute approximate surface area is 114 Å². The quantitative estimate of drug-likeness (QED) is 0.809. The maximum Gasteiger partial charge on any atom is 0.149 e. The van der Waals surface area contributed by atoms with Crippen LogP contribution in [0.2, 0.25) is 0 Å². The Morgan fingerprint density at radius 3 is 2.95 bits per heavy atom. The first-order valence-electron chi connectivity index (χ1n) is 7.01. The fourth-order valence-electron chi connectivity index (χ4n) is 3.09. The van der Waals surface area contributed by atoms with E-state index in [1.54, 1.807) is 0 Å². The van der Waals surface area contributed by atoms with Gasteiger partial charge in [0.2, 0.25) is 0 Å². The van der Waals surface area contributed by atoms with Crippen LogP contribution >= 0.6 is 0 Å². The summed E-state index contributed by atoms with van der Waals surface area (Å²) < 4.78 is 5.61. The van der Waals surface area contributed by atoms with Gasteiger partial charge in [-0.3, -0.25) is 4.98 Å². The Bertz CT molecular complexity index is 443. The van der Waals surface area contributed by atoms with Gasteiger partial charge in [0.1, 0.15) is 11.6 Å². The highest BCUT2D eigenvalue weighted by Gasteiger charge is 2.39. The van der Waals surface area contributed by atoms with Crippen molar-refractivity contribution in [2.45, 2.75) is 19.3 Å². The van der Waals surface area contributed by atoms with E-state index in [9.17, 15) is 0 Å². The van der Waals surface area contributed by atoms with Crippen LogP contribution in [0.5, 0.6) is 0 Å². The van der Waals surface area contributed by atoms with Crippen molar-refractivity contribution >= 4 is 11.6 Å². The first-order chi connectivity index (χ1) is 9.19. The minimum atomic E-state index is 0.355. The van der Waals surface area contributed by atoms with Gasteiger partial charge in [0.15, 0.2) is 0 Å². The Kier molecular flexibility index (Phi) is 3.31. The van der Waals surface area contributed by atoms with Crippen LogP contribution in [0, 0.1) is 5.41 Å². The number of hydrogen-bond donors (Lipinski definition) is 0. The van der Waals surface area contributed by atoms with Crippen LogP contribution in [0.15, 0.2) is 12.4 Å². The van der Waals surface area contributed by atoms with Crippen molar-refractivity contribution in [3.8, 4) is 0 Å². The lowest BCUT2D eigenvalue weighted by atomic mass is 9.79. The average molecular weight is 262 g/mol. The molecule has 0 aromatic carbocycles. The zero-order chi connectivity index (χ0) is 13.3. The molecule has 2 aliphatic heterocycles. The van der Waals surface area contributed by atoms with E-state index in [4.69, 9.17) is 9.72 Å². The zero-order valence-electron chi connectivity index (χ0n) is 11.8. The third-order valence-electron chi connectivity index (χ3n) is 4.24. The fourth-order valence-corrected chi connectivity index (χ4v) is 3.09. The monoisotopic (exact) mass is 262 g/mol. The molecular formula is C14H22N4O. The number of aromatic nitrogens is 2. The smallest absolute Gasteiger partial charge is 0.149 e. The molecule has 1 spiro atoms. The summed E-state index contributed by atoms with van der Waals surface area (Å²) >= 11 is 0. The lowest BCUT2D eigenvalue weighted by molar-refractivity contribution is 0.139. The SMILES string of the molecule is CN(C)c1cncc(N2CCC[C@@]3(CCOC3)C2)n1. The van der Waals surface area contributed by atoms with E-state index in [0.29, 0.717) is 5.41 Å². The summed E-state index contributed by atoms with van der Waals surface area (Å²) in [6.45, 7) is 3.95. The van der Waals surface area contributed by atoms with Crippen molar-refractivity contribution in [3.05, 3.63) is 12.4 Å². The van der Waals surface area contributed by atoms with Gasteiger partial charge in [0, 0.05) is 39.2 Å². The van der Waals surface area contributed by atoms with E-state index in [1.807, 2.05) is 31.4 Å². The molecule has 0 N–H and O–H groups in total. The summed E-state index contributed by atoms with van der Waals surface area (Å²) in [5, 5.41) is 0. The second-order valence-electron chi connectivity index (χ2n) is 5.96. The molecule has 0 saturated carbocycles. The summed E-state index contributed by atoms with van der Waals surface area (Å²) in [6, 6.07) is 0. The highest BCUT2D eigenvalue weighted by Crippen LogP contribution is 2.38. The maximum atomic E-state index is 5.61. The standard InChI is InChI=1S/C14H22N4O/c1-17(2)12-8-15-9-13(16-12)18-6-3-4-14(10-18)5-7-19-11-14/h8-9H,3-7,10-11H2,1-2H3/t14-/m1/s1. The molecule has 2 fully saturated rings. The van der Waals surface area contributed by atoms with Crippen molar-refractivity contribution in [1.29, 1.82) is 0 Å². The van der Waals surface area contributed by atoms with Crippen molar-refractivity contribution in [1.82, 2.24) is 9.97 Å². The molecule has 3 heterocycles. The van der Waals surface area contributed by atoms with Crippen LogP contribution in [-0.2, 0) is 4.74 Å². The van der Waals surface area contributed by atoms with Gasteiger partial charge >= 0.3 is 0 Å². The van der Waals surface area contributed by atoms with E-state index in [2.05, 4.69) is 9.88 Å². The van der Waals surface area contributed by atoms with Crippen LogP contribution in [0.3, 0.4) is 0 Å². The highest BCUT2D eigenvalue weighted by atomic mass is 16.5. The molecule has 104 valence electrons. The topological polar surface area (TPSA) is 41.5 Å². The number of rotatable bonds is 2. The molecule has 3 rings (SSSR count). The first kappa shape index (κ1) is 12.7. The van der Waals surface area contributed by atoms with Crippen LogP contribution in [0.25, 0.3) is 0 Å². The van der Waals surface area contributed by atoms with Crippen LogP contribution in [-0.4, -0.2) is 50.4 Å². The molecule has 19 heavy (non-hydrogen) atoms. The third kappa shape index (κ3) is 2.52. The Balaban J connectivity index is 1.79. The second-order valence-corrected chi connectivity index (χ2v) is 5.96. The van der Waals surface area contributed by atoms with Crippen molar-refractivity contribution < 1.29 is 4.74 Å². The van der Waals surface area contributed by atoms with E-state index >= 15 is 0 Å². The minimum Gasteiger partial charge on any atom is -0.381 e. The lowest BCUT2D eigenvalue weighted by Gasteiger charge is -2.40. The number of ether oxygens (including phenoxy) is 1. The van der Waals surface area contributed by atoms with Crippen LogP contribution in [0.1, 0.15) is 19.3 Å². The Morgan fingerprint density at radius 1 is 1.32 bits per heavy atom. The van der Waals surface area contributed by atoms with Gasteiger partial charge in [0.25, 0.3) is 0 Å². The summed E-state index contributed by atoms with van der Waals surface area (Å²) in [7, 11) is 3.99. The van der Waals surface area contributed by atoms with Crippen molar-refractivity contribution in [2.75, 3.05) is 50.2 Å². The summed E-state index contributed by atoms with van der Waals surface area (Å²) in [5.74, 6) is 1.91. The van der Waals surface area contributed by atoms with Gasteiger partial charge in [-0.1, -0.05) is 0 Å². The predicted octanol–water partition coefficient (Wildman–Crippen LogP) is 1.55. The molecule has 5 heteroatoms. The van der Waals surface area contributed by atoms with Crippen molar-refractivity contribution in [2.24, 2.45) is 5.41 Å². The molecule has 1 aromatic heterocycles. The zero-order valence-corrected chi connectivity index (χ0v) is 11.8. The number of nitrogens with zero attached hydrogens (tertiary/aromatic N) is 4. The number of anilines is 2. The maximum absolute atomic E-state index is 5.61. The molecule has 2 saturated heterocycles. The second kappa shape index (κ2) is 4.96. The number of hydrogen-bond acceptors (Lipinski definition) is 5. The van der Waals surface area contributed by atoms with Crippen LogP contribution < -0.4 is 9.80 Å². The third-order valence-corrected chi connectivity index (χ3v) is 4.24. The van der Waals surface area contributed by atoms with E-state index in [-0.39, 0.29) is 0 Å². The van der Waals surface area contributed by atoms with Crippen molar-refractivity contribution in [3.63, 3.8) is 0 Å². The molecule has 5 nitrogen and oxygen atoms in total. The molecule has 0 radical (unpaired) electrons. The van der Waals surface area contributed by atoms with Gasteiger partial charge in [0.05, 0.1) is 19.0 Å². The molecule has 0 unspecified atom stereocenters. The molecule has 1 atom stereocenters. The highest BCUT2D eigenvalue weighted by molar-refractivity contribution is 5.45.